The minimum atomic E-state index is 0.524. The average Bonchev–Trinajstić information content (AvgIpc) is 2.75. The molecule has 0 aliphatic heterocycles. The van der Waals surface area contributed by atoms with E-state index in [0.717, 1.165) is 18.1 Å². The normalized spacial score (nSPS) is 11.2. The molecule has 5 nitrogen and oxygen atoms in total. The van der Waals surface area contributed by atoms with Gasteiger partial charge in [-0.15, -0.1) is 0 Å². The van der Waals surface area contributed by atoms with Crippen LogP contribution in [0.15, 0.2) is 12.3 Å². The van der Waals surface area contributed by atoms with Crippen LogP contribution in [0.5, 0.6) is 0 Å². The highest BCUT2D eigenvalue weighted by Gasteiger charge is 2.12. The minimum Gasteiger partial charge on any atom is -0.299 e. The quantitative estimate of drug-likeness (QED) is 0.831. The molecule has 0 bridgehead atoms. The van der Waals surface area contributed by atoms with E-state index in [1.54, 1.807) is 10.9 Å². The standard InChI is InChI=1S/C10H15N5S/c1-7(2)6-15-9(12-13-10(15)16)8-4-5-11-14(8)3/h4-5,7H,6H2,1-3H3,(H,13,16). The van der Waals surface area contributed by atoms with Crippen molar-refractivity contribution in [2.45, 2.75) is 20.4 Å². The largest absolute Gasteiger partial charge is 0.299 e. The summed E-state index contributed by atoms with van der Waals surface area (Å²) in [5, 5.41) is 11.2. The highest BCUT2D eigenvalue weighted by molar-refractivity contribution is 7.71. The van der Waals surface area contributed by atoms with Crippen LogP contribution in [-0.4, -0.2) is 24.5 Å². The Hall–Kier alpha value is -1.43. The molecule has 1 N–H and O–H groups in total. The van der Waals surface area contributed by atoms with Gasteiger partial charge in [0.15, 0.2) is 10.6 Å². The lowest BCUT2D eigenvalue weighted by Crippen LogP contribution is -2.08. The molecule has 0 aliphatic carbocycles. The van der Waals surface area contributed by atoms with Crippen LogP contribution in [0, 0.1) is 10.7 Å². The lowest BCUT2D eigenvalue weighted by atomic mass is 10.2. The van der Waals surface area contributed by atoms with E-state index < -0.39 is 0 Å². The first-order valence-corrected chi connectivity index (χ1v) is 5.64. The molecule has 0 fully saturated rings. The molecule has 2 heterocycles. The van der Waals surface area contributed by atoms with Crippen LogP contribution < -0.4 is 0 Å². The fourth-order valence-corrected chi connectivity index (χ4v) is 1.85. The molecule has 0 radical (unpaired) electrons. The summed E-state index contributed by atoms with van der Waals surface area (Å²) < 4.78 is 4.46. The Bertz CT molecular complexity index is 533. The molecule has 0 saturated carbocycles. The number of hydrogen-bond acceptors (Lipinski definition) is 3. The van der Waals surface area contributed by atoms with Crippen LogP contribution in [0.25, 0.3) is 11.5 Å². The van der Waals surface area contributed by atoms with Crippen LogP contribution in [0.1, 0.15) is 13.8 Å². The lowest BCUT2D eigenvalue weighted by Gasteiger charge is -2.09. The summed E-state index contributed by atoms with van der Waals surface area (Å²) in [6.45, 7) is 5.17. The van der Waals surface area contributed by atoms with Gasteiger partial charge in [0.05, 0.1) is 0 Å². The molecular formula is C10H15N5S. The first-order valence-electron chi connectivity index (χ1n) is 5.23. The third-order valence-electron chi connectivity index (χ3n) is 2.36. The summed E-state index contributed by atoms with van der Waals surface area (Å²) in [4.78, 5) is 0. The predicted molar refractivity (Wildman–Crippen MR) is 64.5 cm³/mol. The van der Waals surface area contributed by atoms with Gasteiger partial charge in [-0.3, -0.25) is 14.3 Å². The Balaban J connectivity index is 2.50. The van der Waals surface area contributed by atoms with E-state index in [2.05, 4.69) is 29.1 Å². The smallest absolute Gasteiger partial charge is 0.195 e. The topological polar surface area (TPSA) is 51.4 Å². The molecule has 86 valence electrons. The Morgan fingerprint density at radius 3 is 2.81 bits per heavy atom. The summed E-state index contributed by atoms with van der Waals surface area (Å²) in [7, 11) is 1.90. The molecule has 0 aliphatic rings. The third-order valence-corrected chi connectivity index (χ3v) is 2.67. The average molecular weight is 237 g/mol. The van der Waals surface area contributed by atoms with Gasteiger partial charge in [0.1, 0.15) is 5.69 Å². The number of aromatic amines is 1. The van der Waals surface area contributed by atoms with E-state index in [1.165, 1.54) is 0 Å². The molecule has 0 atom stereocenters. The highest BCUT2D eigenvalue weighted by Crippen LogP contribution is 2.17. The van der Waals surface area contributed by atoms with E-state index in [0.29, 0.717) is 10.7 Å². The first kappa shape index (κ1) is 11.1. The zero-order valence-electron chi connectivity index (χ0n) is 9.64. The van der Waals surface area contributed by atoms with E-state index >= 15 is 0 Å². The second kappa shape index (κ2) is 4.21. The Kier molecular flexibility index (Phi) is 2.91. The maximum absolute atomic E-state index is 5.22. The first-order chi connectivity index (χ1) is 7.59. The van der Waals surface area contributed by atoms with E-state index in [4.69, 9.17) is 12.2 Å². The van der Waals surface area contributed by atoms with Crippen molar-refractivity contribution in [3.05, 3.63) is 17.0 Å². The molecule has 0 saturated heterocycles. The van der Waals surface area contributed by atoms with Gasteiger partial charge in [-0.1, -0.05) is 13.8 Å². The Morgan fingerprint density at radius 1 is 1.50 bits per heavy atom. The summed E-state index contributed by atoms with van der Waals surface area (Å²) in [6, 6.07) is 1.93. The second-order valence-corrected chi connectivity index (χ2v) is 4.58. The fraction of sp³-hybridized carbons (Fsp3) is 0.500. The van der Waals surface area contributed by atoms with E-state index in [-0.39, 0.29) is 0 Å². The summed E-state index contributed by atoms with van der Waals surface area (Å²) in [6.07, 6.45) is 1.76. The predicted octanol–water partition coefficient (Wildman–Crippen LogP) is 2.00. The molecule has 16 heavy (non-hydrogen) atoms. The van der Waals surface area contributed by atoms with Crippen LogP contribution in [0.4, 0.5) is 0 Å². The molecule has 2 aromatic rings. The van der Waals surface area contributed by atoms with Crippen LogP contribution in [-0.2, 0) is 13.6 Å². The zero-order chi connectivity index (χ0) is 11.7. The van der Waals surface area contributed by atoms with Gasteiger partial charge in [0.2, 0.25) is 0 Å². The van der Waals surface area contributed by atoms with Gasteiger partial charge < -0.3 is 0 Å². The molecule has 0 spiro atoms. The fourth-order valence-electron chi connectivity index (χ4n) is 1.64. The number of aryl methyl sites for hydroxylation is 1. The Morgan fingerprint density at radius 2 is 2.25 bits per heavy atom. The van der Waals surface area contributed by atoms with Crippen molar-refractivity contribution in [2.75, 3.05) is 0 Å². The van der Waals surface area contributed by atoms with E-state index in [1.807, 2.05) is 17.7 Å². The monoisotopic (exact) mass is 237 g/mol. The van der Waals surface area contributed by atoms with Gasteiger partial charge in [-0.2, -0.15) is 10.2 Å². The summed E-state index contributed by atoms with van der Waals surface area (Å²) in [5.74, 6) is 1.37. The molecule has 2 aromatic heterocycles. The van der Waals surface area contributed by atoms with Gasteiger partial charge in [0, 0.05) is 19.8 Å². The summed E-state index contributed by atoms with van der Waals surface area (Å²) >= 11 is 5.22. The number of aromatic nitrogens is 5. The molecule has 0 amide bonds. The van der Waals surface area contributed by atoms with Crippen molar-refractivity contribution >= 4 is 12.2 Å². The van der Waals surface area contributed by atoms with Crippen LogP contribution >= 0.6 is 12.2 Å². The van der Waals surface area contributed by atoms with Crippen LogP contribution in [0.3, 0.4) is 0 Å². The molecular weight excluding hydrogens is 222 g/mol. The van der Waals surface area contributed by atoms with Crippen molar-refractivity contribution in [1.82, 2.24) is 24.5 Å². The number of rotatable bonds is 3. The van der Waals surface area contributed by atoms with Gasteiger partial charge >= 0.3 is 0 Å². The highest BCUT2D eigenvalue weighted by atomic mass is 32.1. The van der Waals surface area contributed by atoms with Gasteiger partial charge in [-0.25, -0.2) is 0 Å². The SMILES string of the molecule is CC(C)Cn1c(-c2ccnn2C)n[nH]c1=S. The van der Waals surface area contributed by atoms with Crippen molar-refractivity contribution in [3.63, 3.8) is 0 Å². The lowest BCUT2D eigenvalue weighted by molar-refractivity contribution is 0.520. The number of H-pyrrole nitrogens is 1. The van der Waals surface area contributed by atoms with Crippen molar-refractivity contribution < 1.29 is 0 Å². The van der Waals surface area contributed by atoms with Gasteiger partial charge in [-0.05, 0) is 24.2 Å². The number of nitrogens with zero attached hydrogens (tertiary/aromatic N) is 4. The van der Waals surface area contributed by atoms with Crippen molar-refractivity contribution in [3.8, 4) is 11.5 Å². The van der Waals surface area contributed by atoms with Crippen LogP contribution in [0.2, 0.25) is 0 Å². The molecule has 6 heteroatoms. The third kappa shape index (κ3) is 1.92. The zero-order valence-corrected chi connectivity index (χ0v) is 10.5. The summed E-state index contributed by atoms with van der Waals surface area (Å²) in [5.41, 5.74) is 0.966. The number of nitrogens with one attached hydrogen (secondary N) is 1. The maximum Gasteiger partial charge on any atom is 0.195 e. The van der Waals surface area contributed by atoms with E-state index in [9.17, 15) is 0 Å². The molecule has 0 aromatic carbocycles. The molecule has 0 unspecified atom stereocenters. The maximum atomic E-state index is 5.22. The molecule has 2 rings (SSSR count). The van der Waals surface area contributed by atoms with Gasteiger partial charge in [0.25, 0.3) is 0 Å². The van der Waals surface area contributed by atoms with Crippen molar-refractivity contribution in [1.29, 1.82) is 0 Å². The Labute approximate surface area is 99.1 Å². The second-order valence-electron chi connectivity index (χ2n) is 4.20. The van der Waals surface area contributed by atoms with Crippen molar-refractivity contribution in [2.24, 2.45) is 13.0 Å². The minimum absolute atomic E-state index is 0.524. The number of hydrogen-bond donors (Lipinski definition) is 1.